The van der Waals surface area contributed by atoms with Gasteiger partial charge in [-0.05, 0) is 35.7 Å². The van der Waals surface area contributed by atoms with Gasteiger partial charge in [-0.25, -0.2) is 0 Å². The lowest BCUT2D eigenvalue weighted by atomic mass is 10.0. The van der Waals surface area contributed by atoms with Crippen LogP contribution in [0.15, 0.2) is 47.1 Å². The Kier molecular flexibility index (Phi) is 4.50. The molecule has 0 bridgehead atoms. The summed E-state index contributed by atoms with van der Waals surface area (Å²) in [6.07, 6.45) is 2.66. The number of pyridine rings is 1. The van der Waals surface area contributed by atoms with E-state index in [4.69, 9.17) is 0 Å². The molecule has 0 aliphatic heterocycles. The van der Waals surface area contributed by atoms with E-state index in [2.05, 4.69) is 27.8 Å². The first-order valence-electron chi connectivity index (χ1n) is 6.07. The second-order valence-corrected chi connectivity index (χ2v) is 5.17. The van der Waals surface area contributed by atoms with E-state index in [0.717, 1.165) is 27.7 Å². The average Bonchev–Trinajstić information content (AvgIpc) is 2.38. The molecule has 2 nitrogen and oxygen atoms in total. The Bertz CT molecular complexity index is 527. The maximum atomic E-state index is 10.3. The van der Waals surface area contributed by atoms with Crippen LogP contribution in [-0.2, 0) is 12.8 Å². The number of aromatic nitrogens is 1. The fourth-order valence-electron chi connectivity index (χ4n) is 2.03. The zero-order valence-electron chi connectivity index (χ0n) is 10.3. The molecule has 2 rings (SSSR count). The molecule has 1 atom stereocenters. The molecular formula is C15H16BrNO. The fraction of sp³-hybridized carbons (Fsp3) is 0.267. The number of halogens is 1. The summed E-state index contributed by atoms with van der Waals surface area (Å²) < 4.78 is 1.03. The molecule has 0 saturated carbocycles. The predicted octanol–water partition coefficient (Wildman–Crippen LogP) is 3.68. The lowest BCUT2D eigenvalue weighted by molar-refractivity contribution is 0.172. The summed E-state index contributed by atoms with van der Waals surface area (Å²) in [7, 11) is 0. The number of hydrogen-bond acceptors (Lipinski definition) is 2. The zero-order valence-corrected chi connectivity index (χ0v) is 11.9. The van der Waals surface area contributed by atoms with Crippen molar-refractivity contribution in [3.63, 3.8) is 0 Å². The minimum Gasteiger partial charge on any atom is -0.386 e. The van der Waals surface area contributed by atoms with Crippen LogP contribution in [0.1, 0.15) is 29.8 Å². The summed E-state index contributed by atoms with van der Waals surface area (Å²) in [5, 5.41) is 10.3. The number of aliphatic hydroxyl groups is 1. The topological polar surface area (TPSA) is 33.1 Å². The van der Waals surface area contributed by atoms with E-state index < -0.39 is 6.10 Å². The average molecular weight is 306 g/mol. The molecule has 2 aromatic rings. The van der Waals surface area contributed by atoms with E-state index in [9.17, 15) is 5.11 Å². The summed E-state index contributed by atoms with van der Waals surface area (Å²) in [6.45, 7) is 2.08. The van der Waals surface area contributed by atoms with Gasteiger partial charge in [0.25, 0.3) is 0 Å². The van der Waals surface area contributed by atoms with Crippen LogP contribution in [0.4, 0.5) is 0 Å². The molecule has 1 aromatic carbocycles. The van der Waals surface area contributed by atoms with Gasteiger partial charge >= 0.3 is 0 Å². The van der Waals surface area contributed by atoms with Crippen LogP contribution in [0.25, 0.3) is 0 Å². The van der Waals surface area contributed by atoms with Crippen LogP contribution in [0.3, 0.4) is 0 Å². The van der Waals surface area contributed by atoms with E-state index in [0.29, 0.717) is 6.42 Å². The highest BCUT2D eigenvalue weighted by molar-refractivity contribution is 9.10. The Hall–Kier alpha value is -1.19. The third-order valence-electron chi connectivity index (χ3n) is 2.94. The first-order valence-corrected chi connectivity index (χ1v) is 6.86. The molecule has 0 saturated heterocycles. The van der Waals surface area contributed by atoms with Crippen molar-refractivity contribution in [2.45, 2.75) is 25.9 Å². The summed E-state index contributed by atoms with van der Waals surface area (Å²) in [5.74, 6) is 0. The minimum absolute atomic E-state index is 0.546. The van der Waals surface area contributed by atoms with Crippen LogP contribution >= 0.6 is 15.9 Å². The van der Waals surface area contributed by atoms with Gasteiger partial charge in [0.05, 0.1) is 5.69 Å². The van der Waals surface area contributed by atoms with E-state index >= 15 is 0 Å². The highest BCUT2D eigenvalue weighted by Gasteiger charge is 2.13. The maximum absolute atomic E-state index is 10.3. The summed E-state index contributed by atoms with van der Waals surface area (Å²) in [4.78, 5) is 4.31. The van der Waals surface area contributed by atoms with Crippen molar-refractivity contribution in [1.82, 2.24) is 4.98 Å². The maximum Gasteiger partial charge on any atom is 0.100 e. The summed E-state index contributed by atoms with van der Waals surface area (Å²) >= 11 is 3.44. The molecule has 94 valence electrons. The third-order valence-corrected chi connectivity index (χ3v) is 3.43. The van der Waals surface area contributed by atoms with Crippen LogP contribution < -0.4 is 0 Å². The molecular weight excluding hydrogens is 290 g/mol. The molecule has 18 heavy (non-hydrogen) atoms. The Morgan fingerprint density at radius 2 is 2.11 bits per heavy atom. The third kappa shape index (κ3) is 3.18. The Balaban J connectivity index is 2.19. The molecule has 3 heteroatoms. The van der Waals surface area contributed by atoms with Crippen molar-refractivity contribution in [2.75, 3.05) is 0 Å². The highest BCUT2D eigenvalue weighted by atomic mass is 79.9. The lowest BCUT2D eigenvalue weighted by Gasteiger charge is -2.13. The van der Waals surface area contributed by atoms with Crippen LogP contribution in [0.5, 0.6) is 0 Å². The zero-order chi connectivity index (χ0) is 13.0. The lowest BCUT2D eigenvalue weighted by Crippen LogP contribution is -2.07. The predicted molar refractivity (Wildman–Crippen MR) is 76.4 cm³/mol. The molecule has 0 fully saturated rings. The molecule has 1 unspecified atom stereocenters. The number of rotatable bonds is 4. The normalized spacial score (nSPS) is 12.4. The van der Waals surface area contributed by atoms with Crippen LogP contribution in [-0.4, -0.2) is 10.1 Å². The fourth-order valence-corrected chi connectivity index (χ4v) is 2.48. The largest absolute Gasteiger partial charge is 0.386 e. The first-order chi connectivity index (χ1) is 8.70. The minimum atomic E-state index is -0.546. The van der Waals surface area contributed by atoms with Gasteiger partial charge in [0, 0.05) is 17.1 Å². The molecule has 1 N–H and O–H groups in total. The Morgan fingerprint density at radius 1 is 1.28 bits per heavy atom. The van der Waals surface area contributed by atoms with Gasteiger partial charge < -0.3 is 5.11 Å². The van der Waals surface area contributed by atoms with Crippen LogP contribution in [0, 0.1) is 0 Å². The Labute approximate surface area is 116 Å². The van der Waals surface area contributed by atoms with Crippen molar-refractivity contribution >= 4 is 15.9 Å². The highest BCUT2D eigenvalue weighted by Crippen LogP contribution is 2.21. The molecule has 0 aliphatic rings. The van der Waals surface area contributed by atoms with Gasteiger partial charge in [-0.15, -0.1) is 0 Å². The first kappa shape index (κ1) is 13.2. The number of benzene rings is 1. The molecule has 0 amide bonds. The summed E-state index contributed by atoms with van der Waals surface area (Å²) in [5.41, 5.74) is 3.00. The van der Waals surface area contributed by atoms with Gasteiger partial charge in [0.1, 0.15) is 6.10 Å². The Morgan fingerprint density at radius 3 is 2.83 bits per heavy atom. The van der Waals surface area contributed by atoms with Crippen molar-refractivity contribution in [3.05, 3.63) is 63.9 Å². The van der Waals surface area contributed by atoms with E-state index in [1.165, 1.54) is 0 Å². The number of hydrogen-bond donors (Lipinski definition) is 1. The monoisotopic (exact) mass is 305 g/mol. The van der Waals surface area contributed by atoms with E-state index in [-0.39, 0.29) is 0 Å². The quantitative estimate of drug-likeness (QED) is 0.934. The van der Waals surface area contributed by atoms with Gasteiger partial charge in [-0.2, -0.15) is 0 Å². The van der Waals surface area contributed by atoms with Crippen molar-refractivity contribution in [3.8, 4) is 0 Å². The summed E-state index contributed by atoms with van der Waals surface area (Å²) in [6, 6.07) is 11.9. The second kappa shape index (κ2) is 6.12. The molecule has 0 radical (unpaired) electrons. The number of nitrogens with zero attached hydrogens (tertiary/aromatic N) is 1. The van der Waals surface area contributed by atoms with Gasteiger partial charge in [0.15, 0.2) is 0 Å². The number of aliphatic hydroxyl groups excluding tert-OH is 1. The SMILES string of the molecule is CCc1cccnc1C(O)Cc1cccc(Br)c1. The van der Waals surface area contributed by atoms with E-state index in [1.54, 1.807) is 6.20 Å². The standard InChI is InChI=1S/C15H16BrNO/c1-2-12-6-4-8-17-15(12)14(18)10-11-5-3-7-13(16)9-11/h3-9,14,18H,2,10H2,1H3. The van der Waals surface area contributed by atoms with E-state index in [1.807, 2.05) is 36.4 Å². The second-order valence-electron chi connectivity index (χ2n) is 4.25. The molecule has 0 aliphatic carbocycles. The molecule has 1 heterocycles. The van der Waals surface area contributed by atoms with Crippen molar-refractivity contribution < 1.29 is 5.11 Å². The van der Waals surface area contributed by atoms with Gasteiger partial charge in [-0.1, -0.05) is 41.1 Å². The smallest absolute Gasteiger partial charge is 0.100 e. The number of aryl methyl sites for hydroxylation is 1. The van der Waals surface area contributed by atoms with Gasteiger partial charge in [-0.3, -0.25) is 4.98 Å². The van der Waals surface area contributed by atoms with Crippen molar-refractivity contribution in [1.29, 1.82) is 0 Å². The van der Waals surface area contributed by atoms with Gasteiger partial charge in [0.2, 0.25) is 0 Å². The van der Waals surface area contributed by atoms with Crippen molar-refractivity contribution in [2.24, 2.45) is 0 Å². The molecule has 1 aromatic heterocycles. The van der Waals surface area contributed by atoms with Crippen LogP contribution in [0.2, 0.25) is 0 Å². The molecule has 0 spiro atoms.